The average Bonchev–Trinajstić information content (AvgIpc) is 2.39. The first-order valence-electron chi connectivity index (χ1n) is 6.56. The van der Waals surface area contributed by atoms with Gasteiger partial charge in [-0.1, -0.05) is 28.1 Å². The quantitative estimate of drug-likeness (QED) is 0.889. The van der Waals surface area contributed by atoms with Gasteiger partial charge in [-0.25, -0.2) is 4.98 Å². The Hall–Kier alpha value is -1.62. The third-order valence-corrected chi connectivity index (χ3v) is 3.23. The molecule has 0 saturated carbocycles. The van der Waals surface area contributed by atoms with Crippen LogP contribution in [0.4, 0.5) is 5.95 Å². The van der Waals surface area contributed by atoms with Crippen molar-refractivity contribution in [1.29, 1.82) is 0 Å². The van der Waals surface area contributed by atoms with Gasteiger partial charge in [-0.2, -0.15) is 4.98 Å². The van der Waals surface area contributed by atoms with E-state index in [-0.39, 0.29) is 12.1 Å². The molecule has 106 valence electrons. The highest BCUT2D eigenvalue weighted by Crippen LogP contribution is 2.20. The van der Waals surface area contributed by atoms with Gasteiger partial charge in [0.15, 0.2) is 0 Å². The van der Waals surface area contributed by atoms with Crippen molar-refractivity contribution in [2.75, 3.05) is 5.32 Å². The fraction of sp³-hybridized carbons (Fsp3) is 0.333. The molecule has 0 amide bonds. The van der Waals surface area contributed by atoms with Gasteiger partial charge in [-0.15, -0.1) is 0 Å². The van der Waals surface area contributed by atoms with Crippen LogP contribution < -0.4 is 10.1 Å². The van der Waals surface area contributed by atoms with E-state index in [0.29, 0.717) is 11.8 Å². The third-order valence-electron chi connectivity index (χ3n) is 2.70. The molecule has 0 saturated heterocycles. The summed E-state index contributed by atoms with van der Waals surface area (Å²) in [6, 6.07) is 10.1. The van der Waals surface area contributed by atoms with Crippen molar-refractivity contribution in [3.05, 3.63) is 46.6 Å². The SMILES string of the molecule is CC(C)Oc1ccnc(NC(C)c2ccc(Br)cc2)n1. The first-order valence-corrected chi connectivity index (χ1v) is 7.35. The van der Waals surface area contributed by atoms with Gasteiger partial charge >= 0.3 is 0 Å². The molecule has 2 rings (SSSR count). The van der Waals surface area contributed by atoms with Crippen LogP contribution in [0.3, 0.4) is 0 Å². The van der Waals surface area contributed by atoms with Gasteiger partial charge in [0.1, 0.15) is 0 Å². The van der Waals surface area contributed by atoms with E-state index in [9.17, 15) is 0 Å². The number of halogens is 1. The molecular weight excluding hydrogens is 318 g/mol. The van der Waals surface area contributed by atoms with Gasteiger partial charge < -0.3 is 10.1 Å². The second-order valence-corrected chi connectivity index (χ2v) is 5.72. The molecule has 1 atom stereocenters. The van der Waals surface area contributed by atoms with E-state index in [1.807, 2.05) is 26.0 Å². The lowest BCUT2D eigenvalue weighted by Gasteiger charge is -2.15. The molecule has 1 unspecified atom stereocenters. The smallest absolute Gasteiger partial charge is 0.226 e. The first kappa shape index (κ1) is 14.8. The number of hydrogen-bond acceptors (Lipinski definition) is 4. The summed E-state index contributed by atoms with van der Waals surface area (Å²) in [6.07, 6.45) is 1.79. The van der Waals surface area contributed by atoms with Crippen LogP contribution in [0.15, 0.2) is 41.0 Å². The summed E-state index contributed by atoms with van der Waals surface area (Å²) in [4.78, 5) is 8.56. The van der Waals surface area contributed by atoms with Crippen LogP contribution in [0, 0.1) is 0 Å². The van der Waals surface area contributed by atoms with E-state index in [2.05, 4.69) is 50.3 Å². The lowest BCUT2D eigenvalue weighted by Crippen LogP contribution is -2.11. The Bertz CT molecular complexity index is 557. The fourth-order valence-corrected chi connectivity index (χ4v) is 2.01. The van der Waals surface area contributed by atoms with Crippen LogP contribution in [0.2, 0.25) is 0 Å². The molecule has 0 spiro atoms. The molecule has 5 heteroatoms. The monoisotopic (exact) mass is 335 g/mol. The molecule has 4 nitrogen and oxygen atoms in total. The molecule has 2 aromatic rings. The minimum Gasteiger partial charge on any atom is -0.475 e. The third kappa shape index (κ3) is 4.20. The summed E-state index contributed by atoms with van der Waals surface area (Å²) < 4.78 is 6.63. The largest absolute Gasteiger partial charge is 0.475 e. The molecule has 1 N–H and O–H groups in total. The second kappa shape index (κ2) is 6.70. The Kier molecular flexibility index (Phi) is 4.95. The Morgan fingerprint density at radius 1 is 1.10 bits per heavy atom. The van der Waals surface area contributed by atoms with Crippen molar-refractivity contribution in [2.24, 2.45) is 0 Å². The number of anilines is 1. The molecule has 0 aliphatic rings. The highest BCUT2D eigenvalue weighted by molar-refractivity contribution is 9.10. The Morgan fingerprint density at radius 3 is 2.45 bits per heavy atom. The van der Waals surface area contributed by atoms with Crippen molar-refractivity contribution < 1.29 is 4.74 Å². The van der Waals surface area contributed by atoms with E-state index in [1.165, 1.54) is 5.56 Å². The molecule has 0 fully saturated rings. The zero-order valence-electron chi connectivity index (χ0n) is 11.8. The molecular formula is C15H18BrN3O. The van der Waals surface area contributed by atoms with E-state index >= 15 is 0 Å². The first-order chi connectivity index (χ1) is 9.54. The summed E-state index contributed by atoms with van der Waals surface area (Å²) in [5.41, 5.74) is 1.17. The Balaban J connectivity index is 2.07. The molecule has 0 bridgehead atoms. The number of ether oxygens (including phenoxy) is 1. The van der Waals surface area contributed by atoms with Crippen LogP contribution in [0.25, 0.3) is 0 Å². The summed E-state index contributed by atoms with van der Waals surface area (Å²) >= 11 is 3.43. The Labute approximate surface area is 127 Å². The van der Waals surface area contributed by atoms with Gasteiger partial charge in [0.25, 0.3) is 0 Å². The van der Waals surface area contributed by atoms with Crippen molar-refractivity contribution in [3.8, 4) is 5.88 Å². The fourth-order valence-electron chi connectivity index (χ4n) is 1.75. The summed E-state index contributed by atoms with van der Waals surface area (Å²) in [6.45, 7) is 6.02. The number of rotatable bonds is 5. The van der Waals surface area contributed by atoms with Crippen LogP contribution in [-0.4, -0.2) is 16.1 Å². The maximum atomic E-state index is 5.56. The predicted octanol–water partition coefficient (Wildman–Crippen LogP) is 4.20. The molecule has 1 aromatic heterocycles. The molecule has 0 aliphatic carbocycles. The average molecular weight is 336 g/mol. The Morgan fingerprint density at radius 2 is 1.80 bits per heavy atom. The van der Waals surface area contributed by atoms with Gasteiger partial charge in [0, 0.05) is 16.7 Å². The zero-order chi connectivity index (χ0) is 14.5. The number of nitrogens with zero attached hydrogens (tertiary/aromatic N) is 2. The number of benzene rings is 1. The van der Waals surface area contributed by atoms with E-state index in [1.54, 1.807) is 12.3 Å². The van der Waals surface area contributed by atoms with Gasteiger partial charge in [-0.3, -0.25) is 0 Å². The molecule has 1 heterocycles. The molecule has 20 heavy (non-hydrogen) atoms. The maximum Gasteiger partial charge on any atom is 0.226 e. The minimum atomic E-state index is 0.0987. The normalized spacial score (nSPS) is 12.2. The topological polar surface area (TPSA) is 47.0 Å². The zero-order valence-corrected chi connectivity index (χ0v) is 13.4. The highest BCUT2D eigenvalue weighted by atomic mass is 79.9. The van der Waals surface area contributed by atoms with Crippen molar-refractivity contribution >= 4 is 21.9 Å². The molecule has 1 aromatic carbocycles. The number of nitrogens with one attached hydrogen (secondary N) is 1. The summed E-state index contributed by atoms with van der Waals surface area (Å²) in [5, 5.41) is 3.27. The van der Waals surface area contributed by atoms with E-state index in [4.69, 9.17) is 4.74 Å². The lowest BCUT2D eigenvalue weighted by molar-refractivity contribution is 0.232. The van der Waals surface area contributed by atoms with E-state index < -0.39 is 0 Å². The lowest BCUT2D eigenvalue weighted by atomic mass is 10.1. The molecule has 0 radical (unpaired) electrons. The van der Waals surface area contributed by atoms with Crippen LogP contribution >= 0.6 is 15.9 Å². The standard InChI is InChI=1S/C15H18BrN3O/c1-10(2)20-14-8-9-17-15(19-14)18-11(3)12-4-6-13(16)7-5-12/h4-11H,1-3H3,(H,17,18,19). The second-order valence-electron chi connectivity index (χ2n) is 4.80. The van der Waals surface area contributed by atoms with Crippen LogP contribution in [0.1, 0.15) is 32.4 Å². The summed E-state index contributed by atoms with van der Waals surface area (Å²) in [5.74, 6) is 1.15. The predicted molar refractivity (Wildman–Crippen MR) is 84.0 cm³/mol. The number of aromatic nitrogens is 2. The minimum absolute atomic E-state index is 0.0987. The van der Waals surface area contributed by atoms with Gasteiger partial charge in [-0.05, 0) is 38.5 Å². The van der Waals surface area contributed by atoms with Gasteiger partial charge in [0.2, 0.25) is 11.8 Å². The number of hydrogen-bond donors (Lipinski definition) is 1. The van der Waals surface area contributed by atoms with Crippen LogP contribution in [-0.2, 0) is 0 Å². The van der Waals surface area contributed by atoms with Crippen molar-refractivity contribution in [1.82, 2.24) is 9.97 Å². The van der Waals surface area contributed by atoms with Crippen LogP contribution in [0.5, 0.6) is 5.88 Å². The van der Waals surface area contributed by atoms with E-state index in [0.717, 1.165) is 4.47 Å². The van der Waals surface area contributed by atoms with Crippen molar-refractivity contribution in [2.45, 2.75) is 32.9 Å². The maximum absolute atomic E-state index is 5.56. The van der Waals surface area contributed by atoms with Gasteiger partial charge in [0.05, 0.1) is 12.1 Å². The van der Waals surface area contributed by atoms with Crippen molar-refractivity contribution in [3.63, 3.8) is 0 Å². The summed E-state index contributed by atoms with van der Waals surface area (Å²) in [7, 11) is 0. The highest BCUT2D eigenvalue weighted by Gasteiger charge is 2.08. The molecule has 0 aliphatic heterocycles.